The van der Waals surface area contributed by atoms with Crippen LogP contribution in [0.2, 0.25) is 5.02 Å². The lowest BCUT2D eigenvalue weighted by Crippen LogP contribution is -1.97. The van der Waals surface area contributed by atoms with Crippen molar-refractivity contribution in [3.8, 4) is 0 Å². The summed E-state index contributed by atoms with van der Waals surface area (Å²) in [6.45, 7) is 2.02. The molecule has 2 rings (SSSR count). The summed E-state index contributed by atoms with van der Waals surface area (Å²) in [5.41, 5.74) is 0.765. The topological polar surface area (TPSA) is 20.2 Å². The molecule has 1 atom stereocenters. The van der Waals surface area contributed by atoms with E-state index in [0.717, 1.165) is 10.4 Å². The molecule has 15 heavy (non-hydrogen) atoms. The van der Waals surface area contributed by atoms with Crippen molar-refractivity contribution in [3.05, 3.63) is 56.7 Å². The quantitative estimate of drug-likeness (QED) is 0.844. The van der Waals surface area contributed by atoms with Gasteiger partial charge in [0.2, 0.25) is 0 Å². The Morgan fingerprint density at radius 1 is 1.20 bits per heavy atom. The van der Waals surface area contributed by atoms with E-state index < -0.39 is 6.10 Å². The number of aliphatic hydroxyl groups is 1. The fourth-order valence-electron chi connectivity index (χ4n) is 1.45. The van der Waals surface area contributed by atoms with E-state index in [1.54, 1.807) is 17.4 Å². The first-order chi connectivity index (χ1) is 7.18. The van der Waals surface area contributed by atoms with Crippen molar-refractivity contribution in [1.29, 1.82) is 0 Å². The van der Waals surface area contributed by atoms with Crippen molar-refractivity contribution in [2.45, 2.75) is 13.0 Å². The Hall–Kier alpha value is -0.830. The predicted octanol–water partition coefficient (Wildman–Crippen LogP) is 3.79. The molecule has 0 bridgehead atoms. The normalized spacial score (nSPS) is 12.7. The number of rotatable bonds is 2. The Morgan fingerprint density at radius 3 is 2.53 bits per heavy atom. The molecule has 1 heterocycles. The molecule has 1 nitrogen and oxygen atoms in total. The van der Waals surface area contributed by atoms with E-state index in [2.05, 4.69) is 0 Å². The second-order valence-corrected chi connectivity index (χ2v) is 5.10. The lowest BCUT2D eigenvalue weighted by molar-refractivity contribution is 0.224. The molecule has 1 aromatic heterocycles. The Balaban J connectivity index is 2.36. The molecular weight excluding hydrogens is 228 g/mol. The Morgan fingerprint density at radius 2 is 1.93 bits per heavy atom. The lowest BCUT2D eigenvalue weighted by Gasteiger charge is -2.10. The van der Waals surface area contributed by atoms with Crippen molar-refractivity contribution >= 4 is 22.9 Å². The molecule has 78 valence electrons. The van der Waals surface area contributed by atoms with Gasteiger partial charge in [0, 0.05) is 20.3 Å². The molecule has 0 saturated heterocycles. The molecule has 1 unspecified atom stereocenters. The second kappa shape index (κ2) is 4.35. The highest BCUT2D eigenvalue weighted by Crippen LogP contribution is 2.31. The fraction of sp³-hybridized carbons (Fsp3) is 0.167. The maximum atomic E-state index is 10.1. The van der Waals surface area contributed by atoms with Gasteiger partial charge in [-0.3, -0.25) is 0 Å². The predicted molar refractivity (Wildman–Crippen MR) is 64.6 cm³/mol. The maximum absolute atomic E-state index is 10.1. The van der Waals surface area contributed by atoms with Crippen LogP contribution >= 0.6 is 22.9 Å². The van der Waals surface area contributed by atoms with E-state index >= 15 is 0 Å². The van der Waals surface area contributed by atoms with Crippen molar-refractivity contribution in [1.82, 2.24) is 0 Å². The summed E-state index contributed by atoms with van der Waals surface area (Å²) >= 11 is 7.61. The molecule has 0 aliphatic rings. The molecule has 3 heteroatoms. The standard InChI is InChI=1S/C12H11ClOS/c1-8-6-7-11(15-8)12(14)9-4-2-3-5-10(9)13/h2-7,12,14H,1H3. The van der Waals surface area contributed by atoms with Crippen LogP contribution < -0.4 is 0 Å². The number of hydrogen-bond acceptors (Lipinski definition) is 2. The van der Waals surface area contributed by atoms with E-state index in [-0.39, 0.29) is 0 Å². The minimum absolute atomic E-state index is 0.607. The average molecular weight is 239 g/mol. The first-order valence-electron chi connectivity index (χ1n) is 4.67. The van der Waals surface area contributed by atoms with Gasteiger partial charge < -0.3 is 5.11 Å². The lowest BCUT2D eigenvalue weighted by atomic mass is 10.1. The molecule has 0 aliphatic carbocycles. The molecule has 0 fully saturated rings. The molecule has 1 N–H and O–H groups in total. The Labute approximate surface area is 98.0 Å². The molecule has 0 saturated carbocycles. The number of benzene rings is 1. The van der Waals surface area contributed by atoms with Gasteiger partial charge in [0.05, 0.1) is 0 Å². The fourth-order valence-corrected chi connectivity index (χ4v) is 2.57. The number of halogens is 1. The van der Waals surface area contributed by atoms with E-state index in [0.29, 0.717) is 5.02 Å². The summed E-state index contributed by atoms with van der Waals surface area (Å²) in [5.74, 6) is 0. The first-order valence-corrected chi connectivity index (χ1v) is 5.87. The SMILES string of the molecule is Cc1ccc(C(O)c2ccccc2Cl)s1. The minimum atomic E-state index is -0.614. The number of aryl methyl sites for hydroxylation is 1. The molecule has 1 aromatic carbocycles. The van der Waals surface area contributed by atoms with Gasteiger partial charge in [-0.05, 0) is 25.1 Å². The zero-order valence-corrected chi connectivity index (χ0v) is 9.85. The van der Waals surface area contributed by atoms with Crippen LogP contribution in [0.1, 0.15) is 21.4 Å². The first kappa shape index (κ1) is 10.7. The molecule has 0 amide bonds. The molecule has 0 spiro atoms. The van der Waals surface area contributed by atoms with Crippen LogP contribution in [0.4, 0.5) is 0 Å². The van der Waals surface area contributed by atoms with Crippen LogP contribution in [0, 0.1) is 6.92 Å². The molecule has 2 aromatic rings. The Kier molecular flexibility index (Phi) is 3.10. The van der Waals surface area contributed by atoms with Gasteiger partial charge in [0.15, 0.2) is 0 Å². The van der Waals surface area contributed by atoms with Crippen LogP contribution in [0.5, 0.6) is 0 Å². The minimum Gasteiger partial charge on any atom is -0.383 e. The number of hydrogen-bond donors (Lipinski definition) is 1. The third-order valence-electron chi connectivity index (χ3n) is 2.23. The molecule has 0 radical (unpaired) electrons. The highest BCUT2D eigenvalue weighted by atomic mass is 35.5. The van der Waals surface area contributed by atoms with E-state index in [1.165, 1.54) is 4.88 Å². The van der Waals surface area contributed by atoms with Gasteiger partial charge in [0.1, 0.15) is 6.10 Å². The van der Waals surface area contributed by atoms with Crippen LogP contribution in [0.25, 0.3) is 0 Å². The van der Waals surface area contributed by atoms with Crippen LogP contribution in [-0.2, 0) is 0 Å². The molecule has 0 aliphatic heterocycles. The number of thiophene rings is 1. The monoisotopic (exact) mass is 238 g/mol. The third kappa shape index (κ3) is 2.23. The third-order valence-corrected chi connectivity index (χ3v) is 3.63. The van der Waals surface area contributed by atoms with E-state index in [1.807, 2.05) is 37.3 Å². The maximum Gasteiger partial charge on any atom is 0.115 e. The van der Waals surface area contributed by atoms with Gasteiger partial charge in [0.25, 0.3) is 0 Å². The highest BCUT2D eigenvalue weighted by Gasteiger charge is 2.14. The van der Waals surface area contributed by atoms with Crippen molar-refractivity contribution < 1.29 is 5.11 Å². The summed E-state index contributed by atoms with van der Waals surface area (Å²) < 4.78 is 0. The molecular formula is C12H11ClOS. The van der Waals surface area contributed by atoms with Crippen molar-refractivity contribution in [2.75, 3.05) is 0 Å². The van der Waals surface area contributed by atoms with Crippen LogP contribution in [0.15, 0.2) is 36.4 Å². The zero-order chi connectivity index (χ0) is 10.8. The van der Waals surface area contributed by atoms with Gasteiger partial charge in [-0.2, -0.15) is 0 Å². The number of aliphatic hydroxyl groups excluding tert-OH is 1. The summed E-state index contributed by atoms with van der Waals surface area (Å²) in [7, 11) is 0. The van der Waals surface area contributed by atoms with Crippen LogP contribution in [-0.4, -0.2) is 5.11 Å². The van der Waals surface area contributed by atoms with Crippen molar-refractivity contribution in [2.24, 2.45) is 0 Å². The van der Waals surface area contributed by atoms with Gasteiger partial charge in [-0.1, -0.05) is 29.8 Å². The summed E-state index contributed by atoms with van der Waals surface area (Å²) in [5, 5.41) is 10.7. The van der Waals surface area contributed by atoms with Crippen molar-refractivity contribution in [3.63, 3.8) is 0 Å². The largest absolute Gasteiger partial charge is 0.383 e. The average Bonchev–Trinajstić information content (AvgIpc) is 2.65. The Bertz CT molecular complexity index is 464. The van der Waals surface area contributed by atoms with Gasteiger partial charge in [-0.25, -0.2) is 0 Å². The van der Waals surface area contributed by atoms with E-state index in [9.17, 15) is 5.11 Å². The van der Waals surface area contributed by atoms with Gasteiger partial charge in [-0.15, -0.1) is 11.3 Å². The second-order valence-electron chi connectivity index (χ2n) is 3.37. The summed E-state index contributed by atoms with van der Waals surface area (Å²) in [6, 6.07) is 11.3. The smallest absolute Gasteiger partial charge is 0.115 e. The van der Waals surface area contributed by atoms with Crippen LogP contribution in [0.3, 0.4) is 0 Å². The van der Waals surface area contributed by atoms with E-state index in [4.69, 9.17) is 11.6 Å². The highest BCUT2D eigenvalue weighted by molar-refractivity contribution is 7.12. The summed E-state index contributed by atoms with van der Waals surface area (Å²) in [4.78, 5) is 2.12. The van der Waals surface area contributed by atoms with Gasteiger partial charge >= 0.3 is 0 Å². The summed E-state index contributed by atoms with van der Waals surface area (Å²) in [6.07, 6.45) is -0.614. The zero-order valence-electron chi connectivity index (χ0n) is 8.27.